The van der Waals surface area contributed by atoms with Gasteiger partial charge >= 0.3 is 0 Å². The van der Waals surface area contributed by atoms with E-state index in [1.54, 1.807) is 6.20 Å². The summed E-state index contributed by atoms with van der Waals surface area (Å²) in [6, 6.07) is 3.98. The van der Waals surface area contributed by atoms with Gasteiger partial charge in [-0.3, -0.25) is 4.98 Å². The van der Waals surface area contributed by atoms with Gasteiger partial charge in [0.25, 0.3) is 0 Å². The number of pyridine rings is 1. The van der Waals surface area contributed by atoms with Crippen LogP contribution < -0.4 is 5.32 Å². The Balaban J connectivity index is 1.81. The van der Waals surface area contributed by atoms with Gasteiger partial charge in [-0.05, 0) is 11.6 Å². The highest BCUT2D eigenvalue weighted by Gasteiger charge is 1.93. The Morgan fingerprint density at radius 2 is 1.67 bits per heavy atom. The molecule has 0 spiro atoms. The third kappa shape index (κ3) is 3.11. The van der Waals surface area contributed by atoms with Crippen LogP contribution in [0.5, 0.6) is 0 Å². The topological polar surface area (TPSA) is 50.7 Å². The van der Waals surface area contributed by atoms with Crippen molar-refractivity contribution in [2.24, 2.45) is 0 Å². The van der Waals surface area contributed by atoms with Gasteiger partial charge in [0.2, 0.25) is 0 Å². The molecular formula is C11H12N4. The highest BCUT2D eigenvalue weighted by molar-refractivity contribution is 5.08. The van der Waals surface area contributed by atoms with E-state index in [1.807, 2.05) is 30.7 Å². The molecule has 0 saturated heterocycles. The first kappa shape index (κ1) is 9.73. The Morgan fingerprint density at radius 1 is 0.933 bits per heavy atom. The zero-order valence-corrected chi connectivity index (χ0v) is 8.30. The molecule has 2 aromatic heterocycles. The van der Waals surface area contributed by atoms with Gasteiger partial charge in [-0.15, -0.1) is 0 Å². The molecule has 0 fully saturated rings. The summed E-state index contributed by atoms with van der Waals surface area (Å²) in [5, 5.41) is 3.30. The molecule has 0 aliphatic rings. The fourth-order valence-corrected chi connectivity index (χ4v) is 1.28. The molecule has 2 aromatic rings. The number of nitrogens with one attached hydrogen (secondary N) is 1. The van der Waals surface area contributed by atoms with Crippen LogP contribution in [0.2, 0.25) is 0 Å². The lowest BCUT2D eigenvalue weighted by Crippen LogP contribution is -2.12. The van der Waals surface area contributed by atoms with Crippen LogP contribution in [0.4, 0.5) is 0 Å². The zero-order chi connectivity index (χ0) is 10.3. The van der Waals surface area contributed by atoms with Crippen molar-refractivity contribution < 1.29 is 0 Å². The maximum Gasteiger partial charge on any atom is 0.115 e. The molecule has 0 atom stereocenters. The Hall–Kier alpha value is -1.81. The summed E-state index contributed by atoms with van der Waals surface area (Å²) in [5.41, 5.74) is 2.26. The molecule has 1 N–H and O–H groups in total. The monoisotopic (exact) mass is 200 g/mol. The van der Waals surface area contributed by atoms with Crippen LogP contribution in [-0.2, 0) is 13.1 Å². The number of hydrogen-bond acceptors (Lipinski definition) is 4. The van der Waals surface area contributed by atoms with Crippen molar-refractivity contribution in [1.29, 1.82) is 0 Å². The molecule has 0 saturated carbocycles. The maximum absolute atomic E-state index is 4.05. The number of aromatic nitrogens is 3. The predicted molar refractivity (Wildman–Crippen MR) is 56.8 cm³/mol. The summed E-state index contributed by atoms with van der Waals surface area (Å²) in [4.78, 5) is 11.9. The van der Waals surface area contributed by atoms with Crippen LogP contribution in [0.3, 0.4) is 0 Å². The number of nitrogens with zero attached hydrogens (tertiary/aromatic N) is 3. The molecule has 0 bridgehead atoms. The molecule has 0 radical (unpaired) electrons. The average molecular weight is 200 g/mol. The Kier molecular flexibility index (Phi) is 3.35. The summed E-state index contributed by atoms with van der Waals surface area (Å²) in [5.74, 6) is 0. The minimum Gasteiger partial charge on any atom is -0.308 e. The third-order valence-electron chi connectivity index (χ3n) is 2.00. The smallest absolute Gasteiger partial charge is 0.115 e. The van der Waals surface area contributed by atoms with E-state index in [9.17, 15) is 0 Å². The lowest BCUT2D eigenvalue weighted by atomic mass is 10.3. The highest BCUT2D eigenvalue weighted by atomic mass is 14.9. The highest BCUT2D eigenvalue weighted by Crippen LogP contribution is 1.96. The van der Waals surface area contributed by atoms with Crippen LogP contribution in [0.15, 0.2) is 43.2 Å². The second-order valence-corrected chi connectivity index (χ2v) is 3.21. The van der Waals surface area contributed by atoms with Gasteiger partial charge in [0.1, 0.15) is 6.33 Å². The normalized spacial score (nSPS) is 10.1. The molecule has 4 heteroatoms. The first-order valence-electron chi connectivity index (χ1n) is 4.78. The van der Waals surface area contributed by atoms with Crippen molar-refractivity contribution in [2.45, 2.75) is 13.1 Å². The summed E-state index contributed by atoms with van der Waals surface area (Å²) >= 11 is 0. The zero-order valence-electron chi connectivity index (χ0n) is 8.30. The van der Waals surface area contributed by atoms with Crippen molar-refractivity contribution in [2.75, 3.05) is 0 Å². The van der Waals surface area contributed by atoms with Crippen molar-refractivity contribution in [3.63, 3.8) is 0 Å². The second-order valence-electron chi connectivity index (χ2n) is 3.21. The minimum absolute atomic E-state index is 0.774. The van der Waals surface area contributed by atoms with Crippen LogP contribution in [0.25, 0.3) is 0 Å². The maximum atomic E-state index is 4.05. The van der Waals surface area contributed by atoms with Crippen LogP contribution in [0, 0.1) is 0 Å². The molecule has 0 aromatic carbocycles. The summed E-state index contributed by atoms with van der Waals surface area (Å²) < 4.78 is 0. The summed E-state index contributed by atoms with van der Waals surface area (Å²) in [6.07, 6.45) is 8.78. The van der Waals surface area contributed by atoms with E-state index in [2.05, 4.69) is 20.3 Å². The quantitative estimate of drug-likeness (QED) is 0.804. The minimum atomic E-state index is 0.774. The molecule has 0 aliphatic heterocycles. The molecule has 0 amide bonds. The van der Waals surface area contributed by atoms with E-state index in [0.29, 0.717) is 0 Å². The van der Waals surface area contributed by atoms with Crippen molar-refractivity contribution in [1.82, 2.24) is 20.3 Å². The lowest BCUT2D eigenvalue weighted by Gasteiger charge is -2.03. The van der Waals surface area contributed by atoms with E-state index >= 15 is 0 Å². The lowest BCUT2D eigenvalue weighted by molar-refractivity contribution is 0.687. The van der Waals surface area contributed by atoms with E-state index in [4.69, 9.17) is 0 Å². The fourth-order valence-electron chi connectivity index (χ4n) is 1.28. The number of rotatable bonds is 4. The van der Waals surface area contributed by atoms with E-state index in [1.165, 1.54) is 11.9 Å². The van der Waals surface area contributed by atoms with E-state index in [-0.39, 0.29) is 0 Å². The Labute approximate surface area is 88.4 Å². The molecule has 4 nitrogen and oxygen atoms in total. The van der Waals surface area contributed by atoms with Gasteiger partial charge in [0.15, 0.2) is 0 Å². The first-order valence-corrected chi connectivity index (χ1v) is 4.78. The SMILES string of the molecule is c1cncc(CNCc2cncnc2)c1. The standard InChI is InChI=1S/C11H12N4/c1-2-10(4-12-3-1)5-13-6-11-7-14-9-15-8-11/h1-4,7-9,13H,5-6H2. The van der Waals surface area contributed by atoms with E-state index < -0.39 is 0 Å². The molecule has 76 valence electrons. The van der Waals surface area contributed by atoms with Gasteiger partial charge in [0, 0.05) is 43.4 Å². The Morgan fingerprint density at radius 3 is 2.40 bits per heavy atom. The molecule has 0 aliphatic carbocycles. The van der Waals surface area contributed by atoms with Gasteiger partial charge in [0.05, 0.1) is 0 Å². The molecule has 2 rings (SSSR count). The second kappa shape index (κ2) is 5.17. The van der Waals surface area contributed by atoms with E-state index in [0.717, 1.165) is 18.7 Å². The van der Waals surface area contributed by atoms with Crippen LogP contribution in [-0.4, -0.2) is 15.0 Å². The molecule has 0 unspecified atom stereocenters. The third-order valence-corrected chi connectivity index (χ3v) is 2.00. The summed E-state index contributed by atoms with van der Waals surface area (Å²) in [7, 11) is 0. The van der Waals surface area contributed by atoms with Gasteiger partial charge in [-0.1, -0.05) is 6.07 Å². The van der Waals surface area contributed by atoms with Crippen LogP contribution >= 0.6 is 0 Å². The molecule has 2 heterocycles. The van der Waals surface area contributed by atoms with Gasteiger partial charge < -0.3 is 5.32 Å². The first-order chi connectivity index (χ1) is 7.45. The predicted octanol–water partition coefficient (Wildman–Crippen LogP) is 1.16. The van der Waals surface area contributed by atoms with Gasteiger partial charge in [-0.25, -0.2) is 9.97 Å². The van der Waals surface area contributed by atoms with Crippen LogP contribution in [0.1, 0.15) is 11.1 Å². The van der Waals surface area contributed by atoms with Gasteiger partial charge in [-0.2, -0.15) is 0 Å². The average Bonchev–Trinajstić information content (AvgIpc) is 2.32. The van der Waals surface area contributed by atoms with Crippen molar-refractivity contribution >= 4 is 0 Å². The van der Waals surface area contributed by atoms with Crippen molar-refractivity contribution in [3.8, 4) is 0 Å². The molecule has 15 heavy (non-hydrogen) atoms. The number of hydrogen-bond donors (Lipinski definition) is 1. The fraction of sp³-hybridized carbons (Fsp3) is 0.182. The van der Waals surface area contributed by atoms with Crippen molar-refractivity contribution in [3.05, 3.63) is 54.4 Å². The molecular weight excluding hydrogens is 188 g/mol. The Bertz CT molecular complexity index is 348. The largest absolute Gasteiger partial charge is 0.308 e. The summed E-state index contributed by atoms with van der Waals surface area (Å²) in [6.45, 7) is 1.58.